The summed E-state index contributed by atoms with van der Waals surface area (Å²) < 4.78 is 0. The summed E-state index contributed by atoms with van der Waals surface area (Å²) in [6.07, 6.45) is 5.03. The lowest BCUT2D eigenvalue weighted by molar-refractivity contribution is 0.104. The highest BCUT2D eigenvalue weighted by molar-refractivity contribution is 6.09. The van der Waals surface area contributed by atoms with Gasteiger partial charge in [-0.25, -0.2) is 0 Å². The zero-order valence-corrected chi connectivity index (χ0v) is 10.2. The normalized spacial score (nSPS) is 13.9. The minimum Gasteiger partial charge on any atom is -0.506 e. The summed E-state index contributed by atoms with van der Waals surface area (Å²) in [7, 11) is 0. The van der Waals surface area contributed by atoms with Crippen molar-refractivity contribution in [3.63, 3.8) is 0 Å². The van der Waals surface area contributed by atoms with Crippen LogP contribution in [0.5, 0.6) is 5.75 Å². The lowest BCUT2D eigenvalue weighted by atomic mass is 9.95. The van der Waals surface area contributed by atoms with Gasteiger partial charge in [0.25, 0.3) is 0 Å². The first kappa shape index (κ1) is 12.3. The van der Waals surface area contributed by atoms with E-state index in [1.165, 1.54) is 6.08 Å². The number of hydrogen-bond donors (Lipinski definition) is 1. The molecule has 1 N–H and O–H groups in total. The fourth-order valence-corrected chi connectivity index (χ4v) is 2.28. The van der Waals surface area contributed by atoms with Gasteiger partial charge in [0, 0.05) is 0 Å². The third kappa shape index (κ3) is 1.78. The molecule has 0 saturated carbocycles. The van der Waals surface area contributed by atoms with Crippen molar-refractivity contribution in [2.45, 2.75) is 19.8 Å². The maximum absolute atomic E-state index is 11.8. The Balaban J connectivity index is 2.70. The van der Waals surface area contributed by atoms with Crippen LogP contribution in [0.3, 0.4) is 0 Å². The second kappa shape index (κ2) is 4.61. The molecule has 0 radical (unpaired) electrons. The lowest BCUT2D eigenvalue weighted by Crippen LogP contribution is -2.02. The van der Waals surface area contributed by atoms with Crippen molar-refractivity contribution in [3.8, 4) is 5.75 Å². The fraction of sp³-hybridized carbons (Fsp3) is 0.200. The van der Waals surface area contributed by atoms with Gasteiger partial charge in [-0.1, -0.05) is 12.7 Å². The monoisotopic (exact) mass is 242 g/mol. The van der Waals surface area contributed by atoms with Crippen LogP contribution in [0.4, 0.5) is 0 Å². The van der Waals surface area contributed by atoms with Crippen LogP contribution in [0.2, 0.25) is 0 Å². The second-order valence-corrected chi connectivity index (χ2v) is 4.30. The number of carbonyl (C=O) groups is 2. The van der Waals surface area contributed by atoms with Gasteiger partial charge >= 0.3 is 0 Å². The molecule has 0 spiro atoms. The van der Waals surface area contributed by atoms with Gasteiger partial charge < -0.3 is 5.11 Å². The molecule has 3 heteroatoms. The number of phenolic OH excluding ortho intramolecular Hbond substituents is 1. The molecule has 0 atom stereocenters. The molecule has 0 unspecified atom stereocenters. The Labute approximate surface area is 105 Å². The number of carbonyl (C=O) groups excluding carboxylic acids is 2. The van der Waals surface area contributed by atoms with Crippen LogP contribution in [-0.4, -0.2) is 17.2 Å². The van der Waals surface area contributed by atoms with E-state index in [1.54, 1.807) is 19.1 Å². The average Bonchev–Trinajstić information content (AvgIpc) is 2.70. The molecule has 0 bridgehead atoms. The molecular formula is C15H14O3. The van der Waals surface area contributed by atoms with E-state index in [-0.39, 0.29) is 22.7 Å². The zero-order valence-electron chi connectivity index (χ0n) is 10.2. The van der Waals surface area contributed by atoms with E-state index in [9.17, 15) is 14.7 Å². The standard InChI is InChI=1S/C15H14O3/c1-3-4-14(17)12-7-11-9(2)5-6-10(11)13(8-16)15(12)18/h3-4,7-8,18H,2,5-6H2,1H3/b4-3+. The van der Waals surface area contributed by atoms with Gasteiger partial charge in [0.1, 0.15) is 5.75 Å². The molecule has 0 fully saturated rings. The number of aldehydes is 1. The molecule has 1 aromatic carbocycles. The molecule has 0 aliphatic heterocycles. The SMILES string of the molecule is C=C1CCc2c1cc(C(=O)/C=C/C)c(O)c2C=O. The minimum atomic E-state index is -0.305. The third-order valence-corrected chi connectivity index (χ3v) is 3.21. The Hall–Kier alpha value is -2.16. The van der Waals surface area contributed by atoms with Crippen LogP contribution in [0, 0.1) is 0 Å². The summed E-state index contributed by atoms with van der Waals surface area (Å²) in [5.74, 6) is -0.526. The molecular weight excluding hydrogens is 228 g/mol. The van der Waals surface area contributed by atoms with Crippen LogP contribution in [0.25, 0.3) is 5.57 Å². The summed E-state index contributed by atoms with van der Waals surface area (Å²) >= 11 is 0. The largest absolute Gasteiger partial charge is 0.506 e. The number of allylic oxidation sites excluding steroid dienone is 3. The second-order valence-electron chi connectivity index (χ2n) is 4.30. The van der Waals surface area contributed by atoms with Crippen molar-refractivity contribution < 1.29 is 14.7 Å². The van der Waals surface area contributed by atoms with E-state index in [1.807, 2.05) is 0 Å². The first-order valence-corrected chi connectivity index (χ1v) is 5.79. The maximum Gasteiger partial charge on any atom is 0.189 e. The van der Waals surface area contributed by atoms with Crippen molar-refractivity contribution >= 4 is 17.6 Å². The maximum atomic E-state index is 11.8. The van der Waals surface area contributed by atoms with Gasteiger partial charge in [0.2, 0.25) is 0 Å². The highest BCUT2D eigenvalue weighted by Gasteiger charge is 2.24. The van der Waals surface area contributed by atoms with Gasteiger partial charge in [-0.15, -0.1) is 0 Å². The summed E-state index contributed by atoms with van der Waals surface area (Å²) in [6, 6.07) is 1.63. The van der Waals surface area contributed by atoms with Gasteiger partial charge in [0.05, 0.1) is 11.1 Å². The van der Waals surface area contributed by atoms with E-state index in [0.717, 1.165) is 23.1 Å². The Morgan fingerprint density at radius 3 is 2.78 bits per heavy atom. The van der Waals surface area contributed by atoms with Crippen molar-refractivity contribution in [2.75, 3.05) is 0 Å². The molecule has 3 nitrogen and oxygen atoms in total. The lowest BCUT2D eigenvalue weighted by Gasteiger charge is -2.10. The van der Waals surface area contributed by atoms with Crippen LogP contribution in [0.1, 0.15) is 45.2 Å². The van der Waals surface area contributed by atoms with Gasteiger partial charge in [-0.3, -0.25) is 9.59 Å². The predicted octanol–water partition coefficient (Wildman–Crippen LogP) is 2.92. The van der Waals surface area contributed by atoms with E-state index in [2.05, 4.69) is 6.58 Å². The molecule has 1 aliphatic carbocycles. The number of aromatic hydroxyl groups is 1. The van der Waals surface area contributed by atoms with Crippen molar-refractivity contribution in [1.29, 1.82) is 0 Å². The Morgan fingerprint density at radius 2 is 2.17 bits per heavy atom. The summed E-state index contributed by atoms with van der Waals surface area (Å²) in [5, 5.41) is 10.0. The molecule has 0 saturated heterocycles. The number of fused-ring (bicyclic) bond motifs is 1. The van der Waals surface area contributed by atoms with Crippen LogP contribution in [0.15, 0.2) is 24.8 Å². The highest BCUT2D eigenvalue weighted by atomic mass is 16.3. The third-order valence-electron chi connectivity index (χ3n) is 3.21. The molecule has 0 heterocycles. The van der Waals surface area contributed by atoms with Crippen LogP contribution < -0.4 is 0 Å². The summed E-state index contributed by atoms with van der Waals surface area (Å²) in [5.41, 5.74) is 2.91. The van der Waals surface area contributed by atoms with Crippen LogP contribution in [-0.2, 0) is 6.42 Å². The number of rotatable bonds is 3. The van der Waals surface area contributed by atoms with Crippen molar-refractivity contribution in [1.82, 2.24) is 0 Å². The molecule has 1 aromatic rings. The molecule has 0 aromatic heterocycles. The molecule has 1 aliphatic rings. The smallest absolute Gasteiger partial charge is 0.189 e. The summed E-state index contributed by atoms with van der Waals surface area (Å²) in [4.78, 5) is 23.0. The first-order chi connectivity index (χ1) is 8.60. The minimum absolute atomic E-state index is 0.164. The molecule has 2 rings (SSSR count). The topological polar surface area (TPSA) is 54.4 Å². The van der Waals surface area contributed by atoms with E-state index < -0.39 is 0 Å². The van der Waals surface area contributed by atoms with Crippen molar-refractivity contribution in [3.05, 3.63) is 47.1 Å². The van der Waals surface area contributed by atoms with Crippen LogP contribution >= 0.6 is 0 Å². The highest BCUT2D eigenvalue weighted by Crippen LogP contribution is 2.38. The molecule has 0 amide bonds. The van der Waals surface area contributed by atoms with Gasteiger partial charge in [-0.2, -0.15) is 0 Å². The average molecular weight is 242 g/mol. The Bertz CT molecular complexity index is 580. The molecule has 92 valence electrons. The number of phenols is 1. The number of benzene rings is 1. The fourth-order valence-electron chi connectivity index (χ4n) is 2.28. The Kier molecular flexibility index (Phi) is 3.15. The summed E-state index contributed by atoms with van der Waals surface area (Å²) in [6.45, 7) is 5.64. The van der Waals surface area contributed by atoms with E-state index >= 15 is 0 Å². The van der Waals surface area contributed by atoms with E-state index in [0.29, 0.717) is 12.7 Å². The number of hydrogen-bond acceptors (Lipinski definition) is 3. The quantitative estimate of drug-likeness (QED) is 0.503. The van der Waals surface area contributed by atoms with Gasteiger partial charge in [0.15, 0.2) is 12.1 Å². The van der Waals surface area contributed by atoms with Gasteiger partial charge in [-0.05, 0) is 48.6 Å². The van der Waals surface area contributed by atoms with Crippen molar-refractivity contribution in [2.24, 2.45) is 0 Å². The predicted molar refractivity (Wildman–Crippen MR) is 70.0 cm³/mol. The zero-order chi connectivity index (χ0) is 13.3. The number of ketones is 1. The Morgan fingerprint density at radius 1 is 1.44 bits per heavy atom. The van der Waals surface area contributed by atoms with E-state index in [4.69, 9.17) is 0 Å². The first-order valence-electron chi connectivity index (χ1n) is 5.79. The molecule has 18 heavy (non-hydrogen) atoms.